The summed E-state index contributed by atoms with van der Waals surface area (Å²) in [7, 11) is 1.58. The second kappa shape index (κ2) is 8.53. The van der Waals surface area contributed by atoms with Crippen LogP contribution in [0.2, 0.25) is 0 Å². The Morgan fingerprint density at radius 1 is 1.20 bits per heavy atom. The number of allylic oxidation sites excluding steroid dienone is 1. The molecule has 1 aromatic rings. The van der Waals surface area contributed by atoms with Crippen LogP contribution in [0.5, 0.6) is 5.75 Å². The molecule has 1 unspecified atom stereocenters. The lowest BCUT2D eigenvalue weighted by molar-refractivity contribution is -0.141. The van der Waals surface area contributed by atoms with Crippen LogP contribution in [0, 0.1) is 0 Å². The van der Waals surface area contributed by atoms with Gasteiger partial charge in [0.05, 0.1) is 31.4 Å². The second-order valence-corrected chi connectivity index (χ2v) is 5.90. The molecule has 2 rings (SSSR count). The van der Waals surface area contributed by atoms with Crippen molar-refractivity contribution in [2.24, 2.45) is 0 Å². The van der Waals surface area contributed by atoms with E-state index in [0.717, 1.165) is 5.56 Å². The first kappa shape index (κ1) is 18.8. The van der Waals surface area contributed by atoms with Crippen LogP contribution in [-0.4, -0.2) is 38.4 Å². The molecule has 7 heteroatoms. The van der Waals surface area contributed by atoms with Gasteiger partial charge in [-0.25, -0.2) is 9.59 Å². The zero-order valence-corrected chi connectivity index (χ0v) is 14.9. The fraction of sp³-hybridized carbons (Fsp3) is 0.444. The van der Waals surface area contributed by atoms with E-state index in [1.54, 1.807) is 38.3 Å². The van der Waals surface area contributed by atoms with Crippen LogP contribution in [0.1, 0.15) is 32.4 Å². The van der Waals surface area contributed by atoms with Crippen molar-refractivity contribution in [2.75, 3.05) is 20.3 Å². The van der Waals surface area contributed by atoms with Crippen molar-refractivity contribution in [3.63, 3.8) is 0 Å². The van der Waals surface area contributed by atoms with Gasteiger partial charge >= 0.3 is 12.0 Å². The van der Waals surface area contributed by atoms with Gasteiger partial charge in [0.15, 0.2) is 0 Å². The van der Waals surface area contributed by atoms with Gasteiger partial charge in [-0.15, -0.1) is 0 Å². The van der Waals surface area contributed by atoms with E-state index in [1.807, 2.05) is 13.8 Å². The third-order valence-corrected chi connectivity index (χ3v) is 3.71. The average molecular weight is 348 g/mol. The molecule has 0 radical (unpaired) electrons. The predicted octanol–water partition coefficient (Wildman–Crippen LogP) is 2.29. The van der Waals surface area contributed by atoms with E-state index in [2.05, 4.69) is 10.6 Å². The molecule has 0 saturated heterocycles. The van der Waals surface area contributed by atoms with Gasteiger partial charge in [0.2, 0.25) is 0 Å². The number of rotatable bonds is 7. The molecule has 1 aromatic carbocycles. The van der Waals surface area contributed by atoms with E-state index >= 15 is 0 Å². The number of amides is 2. The van der Waals surface area contributed by atoms with Crippen molar-refractivity contribution in [1.29, 1.82) is 0 Å². The number of esters is 1. The first-order valence-corrected chi connectivity index (χ1v) is 8.13. The summed E-state index contributed by atoms with van der Waals surface area (Å²) in [5, 5.41) is 5.37. The van der Waals surface area contributed by atoms with Crippen LogP contribution in [0.3, 0.4) is 0 Å². The van der Waals surface area contributed by atoms with Crippen LogP contribution in [0.15, 0.2) is 35.5 Å². The number of methoxy groups -OCH3 is 1. The Morgan fingerprint density at radius 2 is 1.88 bits per heavy atom. The molecule has 0 fully saturated rings. The number of urea groups is 1. The maximum Gasteiger partial charge on any atom is 0.338 e. The van der Waals surface area contributed by atoms with E-state index in [9.17, 15) is 9.59 Å². The number of hydrogen-bond acceptors (Lipinski definition) is 5. The van der Waals surface area contributed by atoms with E-state index in [-0.39, 0.29) is 18.7 Å². The highest BCUT2D eigenvalue weighted by Crippen LogP contribution is 2.28. The Balaban J connectivity index is 2.16. The molecular weight excluding hydrogens is 324 g/mol. The molecule has 1 aliphatic rings. The number of hydrogen-bond donors (Lipinski definition) is 2. The summed E-state index contributed by atoms with van der Waals surface area (Å²) in [4.78, 5) is 24.3. The normalized spacial score (nSPS) is 17.2. The molecule has 0 spiro atoms. The molecule has 1 heterocycles. The number of benzene rings is 1. The fourth-order valence-corrected chi connectivity index (χ4v) is 2.51. The topological polar surface area (TPSA) is 85.9 Å². The van der Waals surface area contributed by atoms with Gasteiger partial charge in [-0.1, -0.05) is 12.1 Å². The smallest absolute Gasteiger partial charge is 0.338 e. The van der Waals surface area contributed by atoms with E-state index in [0.29, 0.717) is 23.6 Å². The molecule has 1 atom stereocenters. The molecule has 0 saturated carbocycles. The molecule has 0 aliphatic carbocycles. The van der Waals surface area contributed by atoms with Crippen molar-refractivity contribution in [3.05, 3.63) is 41.1 Å². The molecular formula is C18H24N2O5. The molecule has 2 N–H and O–H groups in total. The Bertz CT molecular complexity index is 652. The van der Waals surface area contributed by atoms with Gasteiger partial charge in [-0.3, -0.25) is 0 Å². The number of carbonyl (C=O) groups is 2. The lowest BCUT2D eigenvalue weighted by Gasteiger charge is -2.28. The highest BCUT2D eigenvalue weighted by Gasteiger charge is 2.32. The first-order chi connectivity index (χ1) is 11.9. The highest BCUT2D eigenvalue weighted by molar-refractivity contribution is 5.95. The van der Waals surface area contributed by atoms with Crippen molar-refractivity contribution < 1.29 is 23.8 Å². The predicted molar refractivity (Wildman–Crippen MR) is 92.1 cm³/mol. The third-order valence-electron chi connectivity index (χ3n) is 3.71. The highest BCUT2D eigenvalue weighted by atomic mass is 16.6. The van der Waals surface area contributed by atoms with Crippen LogP contribution in [0.4, 0.5) is 4.79 Å². The zero-order chi connectivity index (χ0) is 18.4. The lowest BCUT2D eigenvalue weighted by Crippen LogP contribution is -2.45. The molecule has 136 valence electrons. The molecule has 0 aromatic heterocycles. The van der Waals surface area contributed by atoms with Crippen LogP contribution in [0.25, 0.3) is 0 Å². The van der Waals surface area contributed by atoms with Crippen molar-refractivity contribution in [3.8, 4) is 5.75 Å². The summed E-state index contributed by atoms with van der Waals surface area (Å²) in [5.74, 6) is 0.206. The van der Waals surface area contributed by atoms with Crippen molar-refractivity contribution in [1.82, 2.24) is 10.6 Å². The van der Waals surface area contributed by atoms with E-state index in [1.165, 1.54) is 0 Å². The number of nitrogens with one attached hydrogen (secondary N) is 2. The number of ether oxygens (including phenoxy) is 3. The maximum atomic E-state index is 12.5. The standard InChI is InChI=1S/C18H24N2O5/c1-11(2)24-9-10-25-17(21)15-12(3)19-18(22)20-16(15)13-5-7-14(23-4)8-6-13/h5-8,11,16H,9-10H2,1-4H3,(H2,19,20,22). The van der Waals surface area contributed by atoms with E-state index < -0.39 is 12.0 Å². The molecule has 1 aliphatic heterocycles. The van der Waals surface area contributed by atoms with Gasteiger partial charge < -0.3 is 24.8 Å². The minimum absolute atomic E-state index is 0.0716. The van der Waals surface area contributed by atoms with Crippen LogP contribution in [-0.2, 0) is 14.3 Å². The van der Waals surface area contributed by atoms with E-state index in [4.69, 9.17) is 14.2 Å². The largest absolute Gasteiger partial charge is 0.497 e. The van der Waals surface area contributed by atoms with Crippen molar-refractivity contribution in [2.45, 2.75) is 32.9 Å². The summed E-state index contributed by atoms with van der Waals surface area (Å²) >= 11 is 0. The first-order valence-electron chi connectivity index (χ1n) is 8.13. The molecule has 2 amide bonds. The summed E-state index contributed by atoms with van der Waals surface area (Å²) in [5.41, 5.74) is 1.61. The summed E-state index contributed by atoms with van der Waals surface area (Å²) in [6.07, 6.45) is 0.0716. The molecule has 25 heavy (non-hydrogen) atoms. The van der Waals surface area contributed by atoms with Gasteiger partial charge in [0, 0.05) is 5.70 Å². The fourth-order valence-electron chi connectivity index (χ4n) is 2.51. The number of carbonyl (C=O) groups excluding carboxylic acids is 2. The van der Waals surface area contributed by atoms with Crippen LogP contribution < -0.4 is 15.4 Å². The Morgan fingerprint density at radius 3 is 2.48 bits per heavy atom. The maximum absolute atomic E-state index is 12.5. The quantitative estimate of drug-likeness (QED) is 0.583. The average Bonchev–Trinajstić information content (AvgIpc) is 2.57. The van der Waals surface area contributed by atoms with Crippen molar-refractivity contribution >= 4 is 12.0 Å². The minimum atomic E-state index is -0.585. The zero-order valence-electron chi connectivity index (χ0n) is 14.9. The van der Waals surface area contributed by atoms with Gasteiger partial charge in [-0.2, -0.15) is 0 Å². The SMILES string of the molecule is COc1ccc(C2NC(=O)NC(C)=C2C(=O)OCCOC(C)C)cc1. The minimum Gasteiger partial charge on any atom is -0.497 e. The summed E-state index contributed by atoms with van der Waals surface area (Å²) in [6, 6.07) is 6.21. The molecule has 7 nitrogen and oxygen atoms in total. The second-order valence-electron chi connectivity index (χ2n) is 5.90. The third kappa shape index (κ3) is 4.96. The summed E-state index contributed by atoms with van der Waals surface area (Å²) < 4.78 is 15.8. The Hall–Kier alpha value is -2.54. The monoisotopic (exact) mass is 348 g/mol. The van der Waals surface area contributed by atoms with Gasteiger partial charge in [0.25, 0.3) is 0 Å². The Kier molecular flexibility index (Phi) is 6.41. The van der Waals surface area contributed by atoms with Crippen LogP contribution >= 0.6 is 0 Å². The summed E-state index contributed by atoms with van der Waals surface area (Å²) in [6.45, 7) is 5.97. The lowest BCUT2D eigenvalue weighted by atomic mass is 9.95. The Labute approximate surface area is 147 Å². The molecule has 0 bridgehead atoms. The van der Waals surface area contributed by atoms with Gasteiger partial charge in [-0.05, 0) is 38.5 Å². The van der Waals surface area contributed by atoms with Gasteiger partial charge in [0.1, 0.15) is 12.4 Å².